The summed E-state index contributed by atoms with van der Waals surface area (Å²) in [5, 5.41) is 2.64. The molecule has 1 unspecified atom stereocenters. The zero-order valence-corrected chi connectivity index (χ0v) is 30.3. The molecule has 0 saturated heterocycles. The summed E-state index contributed by atoms with van der Waals surface area (Å²) >= 11 is 1.99. The SMILES string of the molecule is C1=CC(c2cc(C3=CCC(c4cccc5c6c(sc45)CCC=C6)C=C3)nc(-c3ccc(-c4nc5c(c6c7c(oc46)C=CCC7)C=CCC5)cc3)n2)=CC1. The monoisotopic (exact) mass is 703 g/mol. The van der Waals surface area contributed by atoms with Crippen LogP contribution in [0.3, 0.4) is 0 Å². The van der Waals surface area contributed by atoms with E-state index in [2.05, 4.69) is 121 Å². The predicted molar refractivity (Wildman–Crippen MR) is 221 cm³/mol. The quantitative estimate of drug-likeness (QED) is 0.179. The van der Waals surface area contributed by atoms with Crippen LogP contribution in [0, 0.1) is 0 Å². The summed E-state index contributed by atoms with van der Waals surface area (Å²) in [5.74, 6) is 2.05. The zero-order valence-electron chi connectivity index (χ0n) is 29.4. The molecule has 0 saturated carbocycles. The van der Waals surface area contributed by atoms with Crippen molar-refractivity contribution < 1.29 is 4.42 Å². The number of thiophene rings is 1. The van der Waals surface area contributed by atoms with E-state index in [1.165, 1.54) is 42.6 Å². The highest BCUT2D eigenvalue weighted by molar-refractivity contribution is 7.19. The van der Waals surface area contributed by atoms with Crippen molar-refractivity contribution in [3.05, 3.63) is 153 Å². The molecule has 0 radical (unpaired) electrons. The number of pyridine rings is 1. The molecule has 2 aromatic carbocycles. The van der Waals surface area contributed by atoms with E-state index in [-0.39, 0.29) is 0 Å². The maximum Gasteiger partial charge on any atom is 0.161 e. The van der Waals surface area contributed by atoms with Crippen LogP contribution in [0.15, 0.2) is 108 Å². The third-order valence-corrected chi connectivity index (χ3v) is 12.8. The Morgan fingerprint density at radius 2 is 1.49 bits per heavy atom. The van der Waals surface area contributed by atoms with Crippen LogP contribution < -0.4 is 0 Å². The summed E-state index contributed by atoms with van der Waals surface area (Å²) in [6.45, 7) is 0. The van der Waals surface area contributed by atoms with E-state index in [9.17, 15) is 0 Å². The lowest BCUT2D eigenvalue weighted by molar-refractivity contribution is 0.595. The van der Waals surface area contributed by atoms with Crippen LogP contribution in [0.25, 0.3) is 73.1 Å². The first-order valence-electron chi connectivity index (χ1n) is 19.0. The summed E-state index contributed by atoms with van der Waals surface area (Å²) in [4.78, 5) is 17.1. The average Bonchev–Trinajstić information content (AvgIpc) is 3.99. The van der Waals surface area contributed by atoms with Crippen molar-refractivity contribution in [2.24, 2.45) is 0 Å². The van der Waals surface area contributed by atoms with Gasteiger partial charge in [0.25, 0.3) is 0 Å². The van der Waals surface area contributed by atoms with Crippen molar-refractivity contribution in [1.29, 1.82) is 0 Å². The molecular formula is C48H37N3OS. The van der Waals surface area contributed by atoms with Gasteiger partial charge in [0.15, 0.2) is 11.4 Å². The molecule has 0 N–H and O–H groups in total. The molecule has 5 aliphatic rings. The van der Waals surface area contributed by atoms with Gasteiger partial charge in [0.05, 0.1) is 11.4 Å². The van der Waals surface area contributed by atoms with E-state index < -0.39 is 0 Å². The van der Waals surface area contributed by atoms with Gasteiger partial charge >= 0.3 is 0 Å². The van der Waals surface area contributed by atoms with Crippen LogP contribution in [0.4, 0.5) is 0 Å². The predicted octanol–water partition coefficient (Wildman–Crippen LogP) is 12.5. The van der Waals surface area contributed by atoms with Crippen LogP contribution in [0.2, 0.25) is 0 Å². The van der Waals surface area contributed by atoms with Gasteiger partial charge < -0.3 is 4.42 Å². The average molecular weight is 704 g/mol. The molecule has 5 aliphatic carbocycles. The lowest BCUT2D eigenvalue weighted by atomic mass is 9.88. The van der Waals surface area contributed by atoms with Crippen molar-refractivity contribution in [2.75, 3.05) is 0 Å². The molecule has 6 aromatic rings. The minimum atomic E-state index is 0.343. The summed E-state index contributed by atoms with van der Waals surface area (Å²) in [5.41, 5.74) is 14.6. The topological polar surface area (TPSA) is 51.8 Å². The number of aromatic nitrogens is 3. The molecule has 11 rings (SSSR count). The maximum atomic E-state index is 6.55. The van der Waals surface area contributed by atoms with E-state index in [4.69, 9.17) is 19.4 Å². The van der Waals surface area contributed by atoms with E-state index in [1.54, 1.807) is 0 Å². The van der Waals surface area contributed by atoms with Gasteiger partial charge in [-0.2, -0.15) is 0 Å². The molecule has 4 heterocycles. The Labute approximate surface area is 313 Å². The lowest BCUT2D eigenvalue weighted by Crippen LogP contribution is -2.03. The highest BCUT2D eigenvalue weighted by atomic mass is 32.1. The maximum absolute atomic E-state index is 6.55. The molecule has 0 spiro atoms. The van der Waals surface area contributed by atoms with Gasteiger partial charge in [0, 0.05) is 54.2 Å². The van der Waals surface area contributed by atoms with Gasteiger partial charge in [0.1, 0.15) is 11.5 Å². The number of rotatable bonds is 5. The summed E-state index contributed by atoms with van der Waals surface area (Å²) < 4.78 is 7.99. The summed E-state index contributed by atoms with van der Waals surface area (Å²) in [7, 11) is 0. The van der Waals surface area contributed by atoms with E-state index in [0.29, 0.717) is 5.92 Å². The van der Waals surface area contributed by atoms with Crippen molar-refractivity contribution in [2.45, 2.75) is 57.3 Å². The van der Waals surface area contributed by atoms with Gasteiger partial charge in [-0.3, -0.25) is 0 Å². The Morgan fingerprint density at radius 1 is 0.698 bits per heavy atom. The molecule has 0 aliphatic heterocycles. The van der Waals surface area contributed by atoms with Crippen LogP contribution in [0.5, 0.6) is 0 Å². The molecule has 5 heteroatoms. The zero-order chi connectivity index (χ0) is 34.9. The fraction of sp³-hybridized carbons (Fsp3) is 0.188. The van der Waals surface area contributed by atoms with E-state index in [0.717, 1.165) is 114 Å². The van der Waals surface area contributed by atoms with Crippen molar-refractivity contribution in [3.8, 4) is 22.6 Å². The highest BCUT2D eigenvalue weighted by Gasteiger charge is 2.25. The normalized spacial score (nSPS) is 18.4. The third-order valence-electron chi connectivity index (χ3n) is 11.4. The van der Waals surface area contributed by atoms with Crippen LogP contribution in [0.1, 0.15) is 88.0 Å². The van der Waals surface area contributed by atoms with Crippen LogP contribution >= 0.6 is 11.3 Å². The number of hydrogen-bond acceptors (Lipinski definition) is 5. The fourth-order valence-electron chi connectivity index (χ4n) is 8.74. The molecule has 0 fully saturated rings. The Kier molecular flexibility index (Phi) is 7.29. The fourth-order valence-corrected chi connectivity index (χ4v) is 10.1. The summed E-state index contributed by atoms with van der Waals surface area (Å²) in [6, 6.07) is 17.6. The molecule has 53 heavy (non-hydrogen) atoms. The highest BCUT2D eigenvalue weighted by Crippen LogP contribution is 2.43. The Balaban J connectivity index is 0.945. The molecule has 4 aromatic heterocycles. The standard InChI is InChI=1S/C48H37N3OS/c1-2-11-30(10-1)40-28-41(31-22-20-29(21-23-31)34-15-9-16-36-35-12-5-8-19-43(35)53-47(34)36)51-48(50-40)33-26-24-32(25-27-33)45-46-44(37-13-3-6-17-39(37)49-45)38-14-4-7-18-42(38)52-46/h1,3,5,7,9-13,15-16,18,20,22-29H,2,4,6,8,14,17,19,21H2. The molecular weight excluding hydrogens is 667 g/mol. The van der Waals surface area contributed by atoms with Gasteiger partial charge in [-0.05, 0) is 85.8 Å². The number of hydrogen-bond donors (Lipinski definition) is 0. The second kappa shape index (κ2) is 12.5. The first-order chi connectivity index (χ1) is 26.2. The smallest absolute Gasteiger partial charge is 0.161 e. The Bertz CT molecular complexity index is 2730. The Hall–Kier alpha value is -5.65. The summed E-state index contributed by atoms with van der Waals surface area (Å²) in [6.07, 6.45) is 35.3. The minimum Gasteiger partial charge on any atom is -0.454 e. The first kappa shape index (κ1) is 30.9. The van der Waals surface area contributed by atoms with Crippen LogP contribution in [-0.2, 0) is 19.3 Å². The Morgan fingerprint density at radius 3 is 2.32 bits per heavy atom. The number of furan rings is 1. The molecule has 0 bridgehead atoms. The van der Waals surface area contributed by atoms with E-state index >= 15 is 0 Å². The van der Waals surface area contributed by atoms with Gasteiger partial charge in [-0.25, -0.2) is 15.0 Å². The number of benzene rings is 2. The van der Waals surface area contributed by atoms with Crippen molar-refractivity contribution in [3.63, 3.8) is 0 Å². The molecule has 4 nitrogen and oxygen atoms in total. The van der Waals surface area contributed by atoms with Crippen LogP contribution in [-0.4, -0.2) is 15.0 Å². The minimum absolute atomic E-state index is 0.343. The number of allylic oxidation sites excluding steroid dienone is 11. The molecule has 1 atom stereocenters. The molecule has 0 amide bonds. The van der Waals surface area contributed by atoms with Gasteiger partial charge in [-0.15, -0.1) is 11.3 Å². The van der Waals surface area contributed by atoms with Crippen molar-refractivity contribution >= 4 is 61.8 Å². The second-order valence-corrected chi connectivity index (χ2v) is 15.8. The molecule has 256 valence electrons. The first-order valence-corrected chi connectivity index (χ1v) is 19.8. The van der Waals surface area contributed by atoms with Gasteiger partial charge in [0.2, 0.25) is 0 Å². The third kappa shape index (κ3) is 5.20. The lowest BCUT2D eigenvalue weighted by Gasteiger charge is -2.18. The van der Waals surface area contributed by atoms with Gasteiger partial charge in [-0.1, -0.05) is 109 Å². The largest absolute Gasteiger partial charge is 0.454 e. The van der Waals surface area contributed by atoms with Crippen molar-refractivity contribution in [1.82, 2.24) is 15.0 Å². The number of fused-ring (bicyclic) bond motifs is 8. The number of aryl methyl sites for hydroxylation is 3. The second-order valence-electron chi connectivity index (χ2n) is 14.7. The van der Waals surface area contributed by atoms with E-state index in [1.807, 2.05) is 11.3 Å². The number of nitrogens with zero attached hydrogens (tertiary/aromatic N) is 3.